The van der Waals surface area contributed by atoms with Gasteiger partial charge in [0.15, 0.2) is 6.79 Å². The van der Waals surface area contributed by atoms with Gasteiger partial charge >= 0.3 is 0 Å². The molecule has 0 N–H and O–H groups in total. The maximum Gasteiger partial charge on any atom is 0.189 e. The first kappa shape index (κ1) is 16.1. The van der Waals surface area contributed by atoms with Crippen LogP contribution in [0.4, 0.5) is 0 Å². The predicted molar refractivity (Wildman–Crippen MR) is 89.7 cm³/mol. The quantitative estimate of drug-likeness (QED) is 0.772. The number of ether oxygens (including phenoxy) is 2. The van der Waals surface area contributed by atoms with Gasteiger partial charge in [-0.3, -0.25) is 0 Å². The number of halogens is 1. The summed E-state index contributed by atoms with van der Waals surface area (Å²) in [6, 6.07) is 7.92. The zero-order chi connectivity index (χ0) is 16.4. The van der Waals surface area contributed by atoms with E-state index in [-0.39, 0.29) is 6.79 Å². The summed E-state index contributed by atoms with van der Waals surface area (Å²) in [6.07, 6.45) is 0. The third-order valence-corrected chi connectivity index (χ3v) is 4.78. The highest BCUT2D eigenvalue weighted by Crippen LogP contribution is 2.36. The van der Waals surface area contributed by atoms with Crippen LogP contribution in [0.15, 0.2) is 23.2 Å². The summed E-state index contributed by atoms with van der Waals surface area (Å²) >= 11 is 7.71. The lowest BCUT2D eigenvalue weighted by Gasteiger charge is -2.21. The Labute approximate surface area is 144 Å². The Bertz CT molecular complexity index is 802. The van der Waals surface area contributed by atoms with E-state index in [4.69, 9.17) is 21.1 Å². The number of hydrogen-bond acceptors (Lipinski definition) is 5. The van der Waals surface area contributed by atoms with Crippen LogP contribution in [0.1, 0.15) is 27.9 Å². The lowest BCUT2D eigenvalue weighted by Crippen LogP contribution is -2.13. The number of nitrogens with zero attached hydrogens (tertiary/aromatic N) is 2. The molecule has 1 aliphatic rings. The number of thioether (sulfide) groups is 1. The molecule has 0 aliphatic carbocycles. The molecule has 2 heterocycles. The minimum Gasteiger partial charge on any atom is -0.467 e. The van der Waals surface area contributed by atoms with Crippen LogP contribution in [0.3, 0.4) is 0 Å². The smallest absolute Gasteiger partial charge is 0.189 e. The van der Waals surface area contributed by atoms with Gasteiger partial charge in [-0.1, -0.05) is 11.6 Å². The number of hydrogen-bond donors (Lipinski definition) is 0. The zero-order valence-corrected chi connectivity index (χ0v) is 14.4. The molecule has 118 valence electrons. The van der Waals surface area contributed by atoms with Crippen molar-refractivity contribution >= 4 is 23.4 Å². The van der Waals surface area contributed by atoms with Crippen LogP contribution in [0.25, 0.3) is 0 Å². The highest BCUT2D eigenvalue weighted by Gasteiger charge is 2.17. The molecule has 6 heteroatoms. The Morgan fingerprint density at radius 1 is 1.35 bits per heavy atom. The second-order valence-corrected chi connectivity index (χ2v) is 6.73. The summed E-state index contributed by atoms with van der Waals surface area (Å²) in [4.78, 5) is 4.50. The summed E-state index contributed by atoms with van der Waals surface area (Å²) in [5.41, 5.74) is 4.42. The fourth-order valence-electron chi connectivity index (χ4n) is 2.55. The monoisotopic (exact) mass is 346 g/mol. The minimum absolute atomic E-state index is 0.248. The summed E-state index contributed by atoms with van der Waals surface area (Å²) in [5, 5.41) is 10.8. The van der Waals surface area contributed by atoms with Gasteiger partial charge in [0.1, 0.15) is 16.8 Å². The highest BCUT2D eigenvalue weighted by atomic mass is 35.5. The van der Waals surface area contributed by atoms with Gasteiger partial charge in [0, 0.05) is 27.6 Å². The lowest BCUT2D eigenvalue weighted by atomic mass is 10.1. The first-order valence-corrected chi connectivity index (χ1v) is 8.48. The van der Waals surface area contributed by atoms with Crippen LogP contribution < -0.4 is 4.74 Å². The normalized spacial score (nSPS) is 13.1. The van der Waals surface area contributed by atoms with Crippen molar-refractivity contribution in [2.24, 2.45) is 0 Å². The molecule has 23 heavy (non-hydrogen) atoms. The van der Waals surface area contributed by atoms with Gasteiger partial charge in [-0.15, -0.1) is 11.8 Å². The number of rotatable bonds is 3. The van der Waals surface area contributed by atoms with Crippen LogP contribution in [0, 0.1) is 25.2 Å². The van der Waals surface area contributed by atoms with Crippen molar-refractivity contribution in [3.05, 3.63) is 51.2 Å². The van der Waals surface area contributed by atoms with E-state index in [0.717, 1.165) is 33.2 Å². The lowest BCUT2D eigenvalue weighted by molar-refractivity contribution is -0.0168. The van der Waals surface area contributed by atoms with Crippen LogP contribution in [0.5, 0.6) is 5.75 Å². The average Bonchev–Trinajstić information content (AvgIpc) is 2.52. The van der Waals surface area contributed by atoms with E-state index in [1.807, 2.05) is 32.0 Å². The van der Waals surface area contributed by atoms with Crippen molar-refractivity contribution in [1.82, 2.24) is 4.98 Å². The molecule has 0 spiro atoms. The van der Waals surface area contributed by atoms with Gasteiger partial charge in [0.25, 0.3) is 0 Å². The van der Waals surface area contributed by atoms with E-state index < -0.39 is 0 Å². The molecule has 0 saturated carbocycles. The second kappa shape index (κ2) is 6.79. The molecular formula is C17H15ClN2O2S. The molecule has 1 aromatic heterocycles. The summed E-state index contributed by atoms with van der Waals surface area (Å²) in [7, 11) is 0. The highest BCUT2D eigenvalue weighted by molar-refractivity contribution is 7.98. The number of aromatic nitrogens is 1. The van der Waals surface area contributed by atoms with Gasteiger partial charge in [-0.05, 0) is 37.6 Å². The predicted octanol–water partition coefficient (Wildman–Crippen LogP) is 4.38. The van der Waals surface area contributed by atoms with Crippen molar-refractivity contribution in [2.75, 3.05) is 6.79 Å². The Hall–Kier alpha value is -1.74. The van der Waals surface area contributed by atoms with E-state index >= 15 is 0 Å². The Kier molecular flexibility index (Phi) is 4.76. The van der Waals surface area contributed by atoms with E-state index in [1.54, 1.807) is 0 Å². The summed E-state index contributed by atoms with van der Waals surface area (Å²) < 4.78 is 10.9. The first-order chi connectivity index (χ1) is 11.1. The summed E-state index contributed by atoms with van der Waals surface area (Å²) in [5.74, 6) is 1.46. The number of nitriles is 1. The number of pyridine rings is 1. The minimum atomic E-state index is 0.248. The SMILES string of the molecule is Cc1cc(C)c(C#N)c(SCc2cc(Cl)cc3c2OCOC3)n1. The van der Waals surface area contributed by atoms with Crippen LogP contribution in [0.2, 0.25) is 5.02 Å². The standard InChI is InChI=1S/C17H15ClN2O2S/c1-10-3-11(2)20-17(15(10)6-19)23-8-13-5-14(18)4-12-7-21-9-22-16(12)13/h3-5H,7-9H2,1-2H3. The third-order valence-electron chi connectivity index (χ3n) is 3.54. The molecule has 4 nitrogen and oxygen atoms in total. The van der Waals surface area contributed by atoms with E-state index in [1.165, 1.54) is 11.8 Å². The van der Waals surface area contributed by atoms with Crippen LogP contribution in [-0.4, -0.2) is 11.8 Å². The first-order valence-electron chi connectivity index (χ1n) is 7.11. The fraction of sp³-hybridized carbons (Fsp3) is 0.294. The molecule has 2 aromatic rings. The Morgan fingerprint density at radius 3 is 2.96 bits per heavy atom. The molecule has 0 fully saturated rings. The van der Waals surface area contributed by atoms with Gasteiger partial charge in [0.05, 0.1) is 12.2 Å². The Morgan fingerprint density at radius 2 is 2.17 bits per heavy atom. The molecular weight excluding hydrogens is 332 g/mol. The molecule has 0 bridgehead atoms. The molecule has 1 aliphatic heterocycles. The molecule has 0 radical (unpaired) electrons. The van der Waals surface area contributed by atoms with Crippen LogP contribution >= 0.6 is 23.4 Å². The molecule has 0 unspecified atom stereocenters. The second-order valence-electron chi connectivity index (χ2n) is 5.32. The van der Waals surface area contributed by atoms with Crippen LogP contribution in [-0.2, 0) is 17.1 Å². The summed E-state index contributed by atoms with van der Waals surface area (Å²) in [6.45, 7) is 4.61. The Balaban J connectivity index is 1.90. The molecule has 0 amide bonds. The maximum atomic E-state index is 9.36. The number of aryl methyl sites for hydroxylation is 2. The van der Waals surface area contributed by atoms with Crippen molar-refractivity contribution in [2.45, 2.75) is 31.2 Å². The van der Waals surface area contributed by atoms with E-state index in [0.29, 0.717) is 22.9 Å². The van der Waals surface area contributed by atoms with Crippen molar-refractivity contribution < 1.29 is 9.47 Å². The van der Waals surface area contributed by atoms with Crippen molar-refractivity contribution in [3.8, 4) is 11.8 Å². The largest absolute Gasteiger partial charge is 0.467 e. The number of benzene rings is 1. The van der Waals surface area contributed by atoms with Gasteiger partial charge < -0.3 is 9.47 Å². The van der Waals surface area contributed by atoms with E-state index in [2.05, 4.69) is 11.1 Å². The average molecular weight is 347 g/mol. The third kappa shape index (κ3) is 3.45. The van der Waals surface area contributed by atoms with E-state index in [9.17, 15) is 5.26 Å². The molecule has 3 rings (SSSR count). The molecule has 0 atom stereocenters. The van der Waals surface area contributed by atoms with Crippen molar-refractivity contribution in [1.29, 1.82) is 5.26 Å². The molecule has 1 aromatic carbocycles. The zero-order valence-electron chi connectivity index (χ0n) is 12.9. The van der Waals surface area contributed by atoms with Gasteiger partial charge in [-0.25, -0.2) is 4.98 Å². The number of fused-ring (bicyclic) bond motifs is 1. The van der Waals surface area contributed by atoms with Crippen molar-refractivity contribution in [3.63, 3.8) is 0 Å². The fourth-order valence-corrected chi connectivity index (χ4v) is 3.88. The topological polar surface area (TPSA) is 55.1 Å². The van der Waals surface area contributed by atoms with Gasteiger partial charge in [0.2, 0.25) is 0 Å². The maximum absolute atomic E-state index is 9.36. The van der Waals surface area contributed by atoms with Gasteiger partial charge in [-0.2, -0.15) is 5.26 Å². The molecule has 0 saturated heterocycles.